The smallest absolute Gasteiger partial charge is 0.144 e. The number of H-pyrrole nitrogens is 1. The van der Waals surface area contributed by atoms with Gasteiger partial charge in [-0.25, -0.2) is 4.98 Å². The molecule has 0 radical (unpaired) electrons. The van der Waals surface area contributed by atoms with Crippen LogP contribution in [-0.4, -0.2) is 16.3 Å². The third-order valence-electron chi connectivity index (χ3n) is 1.92. The molecule has 2 rings (SSSR count). The zero-order chi connectivity index (χ0) is 9.97. The van der Waals surface area contributed by atoms with Gasteiger partial charge in [0.05, 0.1) is 5.03 Å². The number of nitrogens with one attached hydrogen (secondary N) is 1. The number of hydrogen-bond donors (Lipinski definition) is 1. The molecule has 2 heterocycles. The van der Waals surface area contributed by atoms with Gasteiger partial charge in [-0.05, 0) is 18.2 Å². The van der Waals surface area contributed by atoms with Crippen LogP contribution in [0.5, 0.6) is 0 Å². The molecule has 0 aliphatic heterocycles. The van der Waals surface area contributed by atoms with Crippen LogP contribution < -0.4 is 0 Å². The fourth-order valence-electron chi connectivity index (χ4n) is 1.30. The van der Waals surface area contributed by atoms with Gasteiger partial charge in [0.2, 0.25) is 0 Å². The van der Waals surface area contributed by atoms with Crippen molar-refractivity contribution in [2.24, 2.45) is 0 Å². The molecule has 0 aliphatic rings. The minimum atomic E-state index is 0.416. The van der Waals surface area contributed by atoms with Gasteiger partial charge >= 0.3 is 0 Å². The van der Waals surface area contributed by atoms with Crippen molar-refractivity contribution in [1.82, 2.24) is 9.97 Å². The number of fused-ring (bicyclic) bond motifs is 1. The zero-order valence-electron chi connectivity index (χ0n) is 7.20. The molecule has 0 fully saturated rings. The van der Waals surface area contributed by atoms with Crippen molar-refractivity contribution in [1.29, 1.82) is 0 Å². The summed E-state index contributed by atoms with van der Waals surface area (Å²) in [7, 11) is 0. The molecule has 3 nitrogen and oxygen atoms in total. The first-order valence-corrected chi connectivity index (χ1v) is 4.44. The molecule has 0 bridgehead atoms. The molecule has 2 aromatic heterocycles. The van der Waals surface area contributed by atoms with Crippen LogP contribution in [-0.2, 0) is 4.79 Å². The van der Waals surface area contributed by atoms with Gasteiger partial charge in [0.15, 0.2) is 0 Å². The normalized spacial score (nSPS) is 11.9. The first-order valence-electron chi connectivity index (χ1n) is 4.06. The maximum Gasteiger partial charge on any atom is 0.144 e. The predicted octanol–water partition coefficient (Wildman–Crippen LogP) is 2.34. The molecule has 0 unspecified atom stereocenters. The summed E-state index contributed by atoms with van der Waals surface area (Å²) in [5.74, 6) is 0. The molecular weight excluding hydrogens is 200 g/mol. The minimum absolute atomic E-state index is 0.416. The molecule has 0 saturated heterocycles. The summed E-state index contributed by atoms with van der Waals surface area (Å²) in [6.45, 7) is 0. The fraction of sp³-hybridized carbons (Fsp3) is 0. The van der Waals surface area contributed by atoms with Crippen LogP contribution in [0.1, 0.15) is 5.56 Å². The number of aromatic nitrogens is 2. The number of halogens is 1. The van der Waals surface area contributed by atoms with Gasteiger partial charge in [-0.1, -0.05) is 11.6 Å². The average Bonchev–Trinajstić information content (AvgIpc) is 2.61. The van der Waals surface area contributed by atoms with Gasteiger partial charge in [0.25, 0.3) is 0 Å². The summed E-state index contributed by atoms with van der Waals surface area (Å²) in [5, 5.41) is 1.33. The number of aromatic amines is 1. The van der Waals surface area contributed by atoms with Crippen LogP contribution in [0.2, 0.25) is 0 Å². The molecule has 0 aromatic carbocycles. The van der Waals surface area contributed by atoms with Crippen LogP contribution in [0.3, 0.4) is 0 Å². The molecular formula is C10H7ClN2O. The highest BCUT2D eigenvalue weighted by atomic mass is 35.5. The largest absolute Gasteiger partial charge is 0.345 e. The van der Waals surface area contributed by atoms with Crippen molar-refractivity contribution in [2.75, 3.05) is 0 Å². The van der Waals surface area contributed by atoms with E-state index in [2.05, 4.69) is 9.97 Å². The highest BCUT2D eigenvalue weighted by Crippen LogP contribution is 2.25. The van der Waals surface area contributed by atoms with Gasteiger partial charge in [0, 0.05) is 23.3 Å². The Balaban J connectivity index is 2.64. The molecule has 0 amide bonds. The maximum absolute atomic E-state index is 10.3. The zero-order valence-corrected chi connectivity index (χ0v) is 7.95. The number of aldehydes is 1. The van der Waals surface area contributed by atoms with Crippen LogP contribution in [0.15, 0.2) is 30.6 Å². The summed E-state index contributed by atoms with van der Waals surface area (Å²) in [4.78, 5) is 17.3. The first-order chi connectivity index (χ1) is 6.83. The number of pyridine rings is 1. The van der Waals surface area contributed by atoms with Crippen molar-refractivity contribution >= 4 is 34.0 Å². The molecule has 70 valence electrons. The second kappa shape index (κ2) is 3.64. The summed E-state index contributed by atoms with van der Waals surface area (Å²) >= 11 is 5.91. The number of allylic oxidation sites excluding steroid dienone is 1. The molecule has 4 heteroatoms. The van der Waals surface area contributed by atoms with E-state index >= 15 is 0 Å². The number of hydrogen-bond acceptors (Lipinski definition) is 2. The maximum atomic E-state index is 10.3. The van der Waals surface area contributed by atoms with Crippen molar-refractivity contribution in [3.8, 4) is 0 Å². The van der Waals surface area contributed by atoms with E-state index in [9.17, 15) is 4.79 Å². The topological polar surface area (TPSA) is 45.8 Å². The second-order valence-corrected chi connectivity index (χ2v) is 3.16. The molecule has 0 atom stereocenters. The Morgan fingerprint density at radius 3 is 3.21 bits per heavy atom. The average molecular weight is 207 g/mol. The molecule has 14 heavy (non-hydrogen) atoms. The number of nitrogens with zero attached hydrogens (tertiary/aromatic N) is 1. The highest BCUT2D eigenvalue weighted by molar-refractivity contribution is 6.50. The van der Waals surface area contributed by atoms with Crippen LogP contribution >= 0.6 is 11.6 Å². The second-order valence-electron chi connectivity index (χ2n) is 2.75. The van der Waals surface area contributed by atoms with E-state index in [-0.39, 0.29) is 0 Å². The third-order valence-corrected chi connectivity index (χ3v) is 2.25. The van der Waals surface area contributed by atoms with Crippen LogP contribution in [0.25, 0.3) is 16.1 Å². The molecule has 0 spiro atoms. The van der Waals surface area contributed by atoms with E-state index in [4.69, 9.17) is 11.6 Å². The number of carbonyl (C=O) groups excluding carboxylic acids is 1. The Bertz CT molecular complexity index is 502. The van der Waals surface area contributed by atoms with Crippen molar-refractivity contribution in [3.63, 3.8) is 0 Å². The van der Waals surface area contributed by atoms with Gasteiger partial charge in [-0.2, -0.15) is 0 Å². The quantitative estimate of drug-likeness (QED) is 0.606. The summed E-state index contributed by atoms with van der Waals surface area (Å²) in [5.41, 5.74) is 1.56. The lowest BCUT2D eigenvalue weighted by atomic mass is 10.2. The minimum Gasteiger partial charge on any atom is -0.345 e. The summed E-state index contributed by atoms with van der Waals surface area (Å²) in [6, 6.07) is 3.72. The fourth-order valence-corrected chi connectivity index (χ4v) is 1.51. The van der Waals surface area contributed by atoms with E-state index in [0.29, 0.717) is 11.3 Å². The van der Waals surface area contributed by atoms with Crippen molar-refractivity contribution < 1.29 is 4.79 Å². The van der Waals surface area contributed by atoms with Crippen molar-refractivity contribution in [2.45, 2.75) is 0 Å². The van der Waals surface area contributed by atoms with E-state index in [1.807, 2.05) is 12.1 Å². The van der Waals surface area contributed by atoms with E-state index < -0.39 is 0 Å². The standard InChI is InChI=1S/C10H7ClN2O/c11-9(3-5-14)8-6-13-10-7(8)2-1-4-12-10/h1-6H,(H,12,13). The lowest BCUT2D eigenvalue weighted by Crippen LogP contribution is -1.76. The van der Waals surface area contributed by atoms with Gasteiger partial charge in [-0.15, -0.1) is 0 Å². The van der Waals surface area contributed by atoms with Crippen molar-refractivity contribution in [3.05, 3.63) is 36.2 Å². The number of rotatable bonds is 2. The molecule has 1 N–H and O–H groups in total. The Labute approximate surface area is 85.4 Å². The monoisotopic (exact) mass is 206 g/mol. The number of carbonyl (C=O) groups is 1. The molecule has 2 aromatic rings. The first kappa shape index (κ1) is 8.97. The SMILES string of the molecule is O=CC=C(Cl)c1c[nH]c2ncccc12. The van der Waals surface area contributed by atoms with E-state index in [1.54, 1.807) is 12.4 Å². The molecule has 0 aliphatic carbocycles. The Morgan fingerprint density at radius 1 is 1.57 bits per heavy atom. The van der Waals surface area contributed by atoms with Crippen LogP contribution in [0, 0.1) is 0 Å². The Morgan fingerprint density at radius 2 is 2.43 bits per heavy atom. The van der Waals surface area contributed by atoms with E-state index in [1.165, 1.54) is 6.08 Å². The lowest BCUT2D eigenvalue weighted by Gasteiger charge is -1.93. The predicted molar refractivity (Wildman–Crippen MR) is 56.0 cm³/mol. The van der Waals surface area contributed by atoms with E-state index in [0.717, 1.165) is 16.6 Å². The Hall–Kier alpha value is -1.61. The van der Waals surface area contributed by atoms with Gasteiger partial charge in [0.1, 0.15) is 11.9 Å². The third kappa shape index (κ3) is 1.42. The lowest BCUT2D eigenvalue weighted by molar-refractivity contribution is -0.104. The molecule has 0 saturated carbocycles. The van der Waals surface area contributed by atoms with Gasteiger partial charge in [-0.3, -0.25) is 4.79 Å². The van der Waals surface area contributed by atoms with Gasteiger partial charge < -0.3 is 4.98 Å². The summed E-state index contributed by atoms with van der Waals surface area (Å²) < 4.78 is 0. The summed E-state index contributed by atoms with van der Waals surface area (Å²) in [6.07, 6.45) is 5.41. The highest BCUT2D eigenvalue weighted by Gasteiger charge is 2.05. The van der Waals surface area contributed by atoms with Crippen LogP contribution in [0.4, 0.5) is 0 Å². The Kier molecular flexibility index (Phi) is 2.33.